The fraction of sp³-hybridized carbons (Fsp3) is 0.385. The molecule has 4 nitrogen and oxygen atoms in total. The van der Waals surface area contributed by atoms with Gasteiger partial charge in [0.05, 0.1) is 0 Å². The first-order chi connectivity index (χ1) is 9.11. The number of rotatable bonds is 1. The van der Waals surface area contributed by atoms with Crippen LogP contribution in [-0.4, -0.2) is 22.3 Å². The van der Waals surface area contributed by atoms with Crippen molar-refractivity contribution in [1.82, 2.24) is 0 Å². The van der Waals surface area contributed by atoms with Gasteiger partial charge in [-0.3, -0.25) is 4.79 Å². The Morgan fingerprint density at radius 2 is 2.11 bits per heavy atom. The normalized spacial score (nSPS) is 29.9. The van der Waals surface area contributed by atoms with Crippen LogP contribution in [0.3, 0.4) is 0 Å². The maximum absolute atomic E-state index is 11.5. The van der Waals surface area contributed by atoms with Gasteiger partial charge in [0.2, 0.25) is 0 Å². The van der Waals surface area contributed by atoms with Crippen molar-refractivity contribution in [2.45, 2.75) is 29.9 Å². The molecule has 1 aromatic rings. The van der Waals surface area contributed by atoms with Gasteiger partial charge in [0.25, 0.3) is 5.79 Å². The first-order valence-electron chi connectivity index (χ1n) is 5.99. The highest BCUT2D eigenvalue weighted by Gasteiger charge is 2.53. The van der Waals surface area contributed by atoms with E-state index < -0.39 is 5.79 Å². The smallest absolute Gasteiger partial charge is 0.309 e. The molecule has 0 bridgehead atoms. The van der Waals surface area contributed by atoms with E-state index in [-0.39, 0.29) is 10.8 Å². The third-order valence-corrected chi connectivity index (χ3v) is 4.64. The monoisotopic (exact) mass is 343 g/mol. The molecule has 19 heavy (non-hydrogen) atoms. The predicted octanol–water partition coefficient (Wildman–Crippen LogP) is 3.26. The lowest BCUT2D eigenvalue weighted by atomic mass is 9.97. The molecule has 1 aromatic carbocycles. The quantitative estimate of drug-likeness (QED) is 0.580. The molecule has 0 unspecified atom stereocenters. The summed E-state index contributed by atoms with van der Waals surface area (Å²) in [6.45, 7) is 0. The van der Waals surface area contributed by atoms with Crippen LogP contribution in [0.15, 0.2) is 29.4 Å². The molecule has 0 amide bonds. The molecule has 0 radical (unpaired) electrons. The minimum Gasteiger partial charge on any atom is -0.419 e. The van der Waals surface area contributed by atoms with Crippen molar-refractivity contribution in [3.63, 3.8) is 0 Å². The lowest BCUT2D eigenvalue weighted by molar-refractivity contribution is -0.231. The molecule has 2 aliphatic heterocycles. The summed E-state index contributed by atoms with van der Waals surface area (Å²) < 4.78 is 5.37. The Morgan fingerprint density at radius 3 is 2.79 bits per heavy atom. The molecule has 2 atom stereocenters. The van der Waals surface area contributed by atoms with E-state index in [1.54, 1.807) is 12.1 Å². The van der Waals surface area contributed by atoms with Crippen molar-refractivity contribution in [1.29, 1.82) is 0 Å². The first-order valence-corrected chi connectivity index (χ1v) is 7.28. The van der Waals surface area contributed by atoms with Crippen LogP contribution in [0.25, 0.3) is 0 Å². The van der Waals surface area contributed by atoms with E-state index in [0.29, 0.717) is 23.6 Å². The second kappa shape index (κ2) is 4.80. The number of halogens is 2. The second-order valence-electron chi connectivity index (χ2n) is 4.58. The van der Waals surface area contributed by atoms with Gasteiger partial charge in [-0.2, -0.15) is 0 Å². The molecule has 1 saturated heterocycles. The third kappa shape index (κ3) is 2.25. The van der Waals surface area contributed by atoms with Crippen molar-refractivity contribution < 1.29 is 14.4 Å². The number of ether oxygens (including phenoxy) is 1. The molecule has 0 aliphatic carbocycles. The van der Waals surface area contributed by atoms with E-state index in [1.165, 1.54) is 0 Å². The molecule has 100 valence electrons. The molecule has 2 heterocycles. The zero-order valence-corrected chi connectivity index (χ0v) is 12.3. The number of esters is 1. The number of benzene rings is 1. The summed E-state index contributed by atoms with van der Waals surface area (Å²) in [6, 6.07) is 7.30. The molecular weight excluding hydrogens is 334 g/mol. The number of hydrogen-bond acceptors (Lipinski definition) is 4. The van der Waals surface area contributed by atoms with Crippen LogP contribution >= 0.6 is 27.5 Å². The summed E-state index contributed by atoms with van der Waals surface area (Å²) in [5.41, 5.74) is 1.61. The van der Waals surface area contributed by atoms with Crippen LogP contribution in [0.5, 0.6) is 0 Å². The Hall–Kier alpha value is -1.07. The molecule has 1 fully saturated rings. The first kappa shape index (κ1) is 12.9. The number of oxime groups is 1. The zero-order valence-electron chi connectivity index (χ0n) is 9.94. The Labute approximate surface area is 123 Å². The lowest BCUT2D eigenvalue weighted by Crippen LogP contribution is -2.46. The van der Waals surface area contributed by atoms with Gasteiger partial charge < -0.3 is 9.57 Å². The summed E-state index contributed by atoms with van der Waals surface area (Å²) in [5, 5.41) is 4.74. The summed E-state index contributed by atoms with van der Waals surface area (Å²) in [7, 11) is 0. The van der Waals surface area contributed by atoms with E-state index in [4.69, 9.17) is 21.2 Å². The number of carbonyl (C=O) groups excluding carboxylic acids is 1. The van der Waals surface area contributed by atoms with Crippen molar-refractivity contribution in [3.8, 4) is 0 Å². The molecule has 0 aromatic heterocycles. The Morgan fingerprint density at radius 1 is 1.37 bits per heavy atom. The maximum atomic E-state index is 11.5. The number of carbonyl (C=O) groups is 1. The highest BCUT2D eigenvalue weighted by atomic mass is 79.9. The van der Waals surface area contributed by atoms with Gasteiger partial charge >= 0.3 is 5.97 Å². The van der Waals surface area contributed by atoms with Crippen LogP contribution in [0.4, 0.5) is 0 Å². The highest BCUT2D eigenvalue weighted by molar-refractivity contribution is 9.10. The molecular formula is C13H11BrClNO3. The number of alkyl halides is 1. The van der Waals surface area contributed by atoms with E-state index in [1.807, 2.05) is 12.1 Å². The van der Waals surface area contributed by atoms with Crippen molar-refractivity contribution in [3.05, 3.63) is 34.9 Å². The van der Waals surface area contributed by atoms with Crippen molar-refractivity contribution in [2.75, 3.05) is 0 Å². The summed E-state index contributed by atoms with van der Waals surface area (Å²) in [6.07, 6.45) is 1.81. The second-order valence-corrected chi connectivity index (χ2v) is 5.93. The Balaban J connectivity index is 1.86. The van der Waals surface area contributed by atoms with Crippen LogP contribution in [0.1, 0.15) is 24.8 Å². The zero-order chi connectivity index (χ0) is 13.5. The number of hydrogen-bond donors (Lipinski definition) is 0. The maximum Gasteiger partial charge on any atom is 0.309 e. The van der Waals surface area contributed by atoms with Gasteiger partial charge in [0.1, 0.15) is 10.5 Å². The summed E-state index contributed by atoms with van der Waals surface area (Å²) in [4.78, 5) is 16.6. The van der Waals surface area contributed by atoms with Gasteiger partial charge in [-0.1, -0.05) is 44.8 Å². The average Bonchev–Trinajstić information content (AvgIpc) is 2.68. The van der Waals surface area contributed by atoms with Gasteiger partial charge in [0, 0.05) is 23.4 Å². The van der Waals surface area contributed by atoms with Crippen molar-refractivity contribution >= 4 is 39.2 Å². The largest absolute Gasteiger partial charge is 0.419 e. The minimum atomic E-state index is -0.996. The molecule has 0 saturated carbocycles. The Bertz CT molecular complexity index is 545. The SMILES string of the molecule is O=C1CCC[C@@]2(ON=C(c3ccc(Cl)cc3)[C@@H]2Br)O1. The average molecular weight is 345 g/mol. The molecule has 1 spiro atoms. The van der Waals surface area contributed by atoms with E-state index in [9.17, 15) is 4.79 Å². The lowest BCUT2D eigenvalue weighted by Gasteiger charge is -2.32. The van der Waals surface area contributed by atoms with Crippen molar-refractivity contribution in [2.24, 2.45) is 5.16 Å². The van der Waals surface area contributed by atoms with Crippen LogP contribution in [0.2, 0.25) is 5.02 Å². The summed E-state index contributed by atoms with van der Waals surface area (Å²) in [5.74, 6) is -1.24. The van der Waals surface area contributed by atoms with Crippen LogP contribution in [-0.2, 0) is 14.4 Å². The molecule has 3 rings (SSSR count). The number of nitrogens with zero attached hydrogens (tertiary/aromatic N) is 1. The van der Waals surface area contributed by atoms with Gasteiger partial charge in [-0.15, -0.1) is 0 Å². The van der Waals surface area contributed by atoms with E-state index in [0.717, 1.165) is 12.0 Å². The topological polar surface area (TPSA) is 47.9 Å². The minimum absolute atomic E-state index is 0.247. The summed E-state index contributed by atoms with van der Waals surface area (Å²) >= 11 is 9.40. The van der Waals surface area contributed by atoms with Gasteiger partial charge in [-0.25, -0.2) is 0 Å². The van der Waals surface area contributed by atoms with E-state index in [2.05, 4.69) is 21.1 Å². The fourth-order valence-corrected chi connectivity index (χ4v) is 3.14. The predicted molar refractivity (Wildman–Crippen MR) is 74.5 cm³/mol. The highest BCUT2D eigenvalue weighted by Crippen LogP contribution is 2.40. The Kier molecular flexibility index (Phi) is 3.27. The molecule has 0 N–H and O–H groups in total. The molecule has 2 aliphatic rings. The van der Waals surface area contributed by atoms with Gasteiger partial charge in [0.15, 0.2) is 0 Å². The van der Waals surface area contributed by atoms with Crippen LogP contribution in [0, 0.1) is 0 Å². The van der Waals surface area contributed by atoms with E-state index >= 15 is 0 Å². The fourth-order valence-electron chi connectivity index (χ4n) is 2.26. The standard InChI is InChI=1S/C13H11BrClNO3/c14-12-11(8-3-5-9(15)6-4-8)16-19-13(12)7-1-2-10(17)18-13/h3-6,12H,1-2,7H2/t12-,13-/m0/s1. The van der Waals surface area contributed by atoms with Gasteiger partial charge in [-0.05, 0) is 18.6 Å². The third-order valence-electron chi connectivity index (χ3n) is 3.26. The van der Waals surface area contributed by atoms with Crippen LogP contribution < -0.4 is 0 Å². The molecule has 6 heteroatoms.